The number of aromatic hydroxyl groups is 2. The molecule has 2 heterocycles. The Morgan fingerprint density at radius 3 is 2.41 bits per heavy atom. The van der Waals surface area contributed by atoms with Crippen LogP contribution in [0.3, 0.4) is 0 Å². The molecule has 184 valence electrons. The van der Waals surface area contributed by atoms with Crippen LogP contribution < -0.4 is 0 Å². The van der Waals surface area contributed by atoms with Crippen LogP contribution in [0.4, 0.5) is 11.5 Å². The summed E-state index contributed by atoms with van der Waals surface area (Å²) in [7, 11) is 0. The maximum Gasteiger partial charge on any atom is 0.335 e. The fourth-order valence-corrected chi connectivity index (χ4v) is 4.29. The summed E-state index contributed by atoms with van der Waals surface area (Å²) < 4.78 is 1.51. The molecule has 0 radical (unpaired) electrons. The molecule has 0 fully saturated rings. The Labute approximate surface area is 212 Å². The Balaban J connectivity index is 1.63. The quantitative estimate of drug-likeness (QED) is 0.225. The number of azo groups is 1. The van der Waals surface area contributed by atoms with Crippen molar-refractivity contribution in [2.45, 2.75) is 20.8 Å². The van der Waals surface area contributed by atoms with Gasteiger partial charge >= 0.3 is 5.97 Å². The highest BCUT2D eigenvalue weighted by Crippen LogP contribution is 2.43. The van der Waals surface area contributed by atoms with Gasteiger partial charge in [0.1, 0.15) is 0 Å². The van der Waals surface area contributed by atoms with Gasteiger partial charge in [-0.1, -0.05) is 42.5 Å². The van der Waals surface area contributed by atoms with E-state index in [0.717, 1.165) is 16.7 Å². The molecule has 0 aliphatic heterocycles. The number of aryl methyl sites for hydroxylation is 3. The summed E-state index contributed by atoms with van der Waals surface area (Å²) in [5.41, 5.74) is 5.66. The number of hydrogen-bond acceptors (Lipinski definition) is 6. The summed E-state index contributed by atoms with van der Waals surface area (Å²) >= 11 is 0. The Morgan fingerprint density at radius 1 is 0.865 bits per heavy atom. The molecule has 0 aliphatic carbocycles. The SMILES string of the molecule is Cc1cc(-c2ccc(C)c(C)c2)c(O)c(N=Nc2c(O)n(-c3cccc(C(=O)O)c3)c3ccccc23)n1. The number of carbonyl (C=O) groups is 1. The summed E-state index contributed by atoms with van der Waals surface area (Å²) in [6, 6.07) is 21.2. The Kier molecular flexibility index (Phi) is 5.93. The van der Waals surface area contributed by atoms with E-state index < -0.39 is 5.97 Å². The molecule has 5 aromatic rings. The van der Waals surface area contributed by atoms with Crippen LogP contribution >= 0.6 is 0 Å². The van der Waals surface area contributed by atoms with Gasteiger partial charge in [-0.15, -0.1) is 10.2 Å². The van der Waals surface area contributed by atoms with E-state index in [-0.39, 0.29) is 28.7 Å². The zero-order valence-corrected chi connectivity index (χ0v) is 20.5. The zero-order valence-electron chi connectivity index (χ0n) is 20.5. The van der Waals surface area contributed by atoms with Crippen LogP contribution in [0.5, 0.6) is 11.6 Å². The van der Waals surface area contributed by atoms with E-state index in [2.05, 4.69) is 15.2 Å². The third kappa shape index (κ3) is 4.29. The normalized spacial score (nSPS) is 11.4. The summed E-state index contributed by atoms with van der Waals surface area (Å²) in [5.74, 6) is -1.38. The number of carboxylic acid groups (broad SMARTS) is 1. The van der Waals surface area contributed by atoms with Gasteiger partial charge in [0.2, 0.25) is 11.7 Å². The van der Waals surface area contributed by atoms with E-state index >= 15 is 0 Å². The average molecular weight is 493 g/mol. The highest BCUT2D eigenvalue weighted by Gasteiger charge is 2.19. The van der Waals surface area contributed by atoms with Gasteiger partial charge in [-0.05, 0) is 67.8 Å². The van der Waals surface area contributed by atoms with Gasteiger partial charge in [0.15, 0.2) is 11.4 Å². The standard InChI is InChI=1S/C29H24N4O4/c1-16-11-12-19(13-17(16)2)23-14-18(3)30-27(26(23)34)32-31-25-22-9-4-5-10-24(22)33(28(25)35)21-8-6-7-20(15-21)29(36)37/h4-15,34-35H,1-3H3,(H,36,37). The number of fused-ring (bicyclic) bond motifs is 1. The van der Waals surface area contributed by atoms with Gasteiger partial charge in [-0.25, -0.2) is 9.78 Å². The number of nitrogens with zero attached hydrogens (tertiary/aromatic N) is 4. The predicted octanol–water partition coefficient (Wildman–Crippen LogP) is 7.14. The van der Waals surface area contributed by atoms with Gasteiger partial charge in [-0.3, -0.25) is 4.57 Å². The number of pyridine rings is 1. The second kappa shape index (κ2) is 9.23. The third-order valence-electron chi connectivity index (χ3n) is 6.34. The van der Waals surface area contributed by atoms with Crippen molar-refractivity contribution in [3.05, 3.63) is 95.2 Å². The molecule has 8 nitrogen and oxygen atoms in total. The minimum atomic E-state index is -1.07. The summed E-state index contributed by atoms with van der Waals surface area (Å²) in [6.45, 7) is 5.84. The molecule has 0 amide bonds. The van der Waals surface area contributed by atoms with Crippen LogP contribution in [0, 0.1) is 20.8 Å². The van der Waals surface area contributed by atoms with Gasteiger partial charge in [0.25, 0.3) is 0 Å². The van der Waals surface area contributed by atoms with Crippen molar-refractivity contribution >= 4 is 28.4 Å². The second-order valence-electron chi connectivity index (χ2n) is 8.86. The van der Waals surface area contributed by atoms with E-state index in [1.54, 1.807) is 36.4 Å². The Bertz CT molecular complexity index is 1720. The fourth-order valence-electron chi connectivity index (χ4n) is 4.29. The molecule has 3 aromatic carbocycles. The van der Waals surface area contributed by atoms with Crippen molar-refractivity contribution < 1.29 is 20.1 Å². The second-order valence-corrected chi connectivity index (χ2v) is 8.86. The maximum atomic E-state index is 11.5. The van der Waals surface area contributed by atoms with E-state index in [4.69, 9.17) is 0 Å². The van der Waals surface area contributed by atoms with Crippen LogP contribution in [0.15, 0.2) is 83.0 Å². The molecule has 0 bridgehead atoms. The first-order chi connectivity index (χ1) is 17.7. The number of hydrogen-bond donors (Lipinski definition) is 3. The van der Waals surface area contributed by atoms with Crippen LogP contribution in [-0.2, 0) is 0 Å². The zero-order chi connectivity index (χ0) is 26.3. The number of para-hydroxylation sites is 1. The molecule has 0 unspecified atom stereocenters. The monoisotopic (exact) mass is 492 g/mol. The lowest BCUT2D eigenvalue weighted by Gasteiger charge is -2.10. The molecule has 0 saturated carbocycles. The number of rotatable bonds is 5. The first kappa shape index (κ1) is 23.7. The molecular weight excluding hydrogens is 468 g/mol. The molecule has 8 heteroatoms. The Hall–Kier alpha value is -4.98. The van der Waals surface area contributed by atoms with Gasteiger partial charge in [0, 0.05) is 22.3 Å². The molecule has 0 atom stereocenters. The molecule has 5 rings (SSSR count). The van der Waals surface area contributed by atoms with Crippen LogP contribution in [0.2, 0.25) is 0 Å². The summed E-state index contributed by atoms with van der Waals surface area (Å²) in [4.78, 5) is 15.8. The lowest BCUT2D eigenvalue weighted by molar-refractivity contribution is 0.0697. The lowest BCUT2D eigenvalue weighted by Crippen LogP contribution is -1.99. The maximum absolute atomic E-state index is 11.5. The molecule has 2 aromatic heterocycles. The lowest BCUT2D eigenvalue weighted by atomic mass is 10.00. The first-order valence-corrected chi connectivity index (χ1v) is 11.6. The number of carboxylic acids is 1. The molecular formula is C29H24N4O4. The molecule has 0 aliphatic rings. The molecule has 3 N–H and O–H groups in total. The topological polar surface area (TPSA) is 120 Å². The molecule has 0 spiro atoms. The van der Waals surface area contributed by atoms with E-state index in [1.807, 2.05) is 45.0 Å². The molecule has 37 heavy (non-hydrogen) atoms. The fraction of sp³-hybridized carbons (Fsp3) is 0.103. The van der Waals surface area contributed by atoms with Crippen molar-refractivity contribution in [3.63, 3.8) is 0 Å². The van der Waals surface area contributed by atoms with Gasteiger partial charge in [-0.2, -0.15) is 0 Å². The van der Waals surface area contributed by atoms with Crippen LogP contribution in [-0.4, -0.2) is 30.8 Å². The largest absolute Gasteiger partial charge is 0.504 e. The number of aromatic carboxylic acids is 1. The van der Waals surface area contributed by atoms with Crippen molar-refractivity contribution in [1.29, 1.82) is 0 Å². The highest BCUT2D eigenvalue weighted by atomic mass is 16.4. The Morgan fingerprint density at radius 2 is 1.65 bits per heavy atom. The van der Waals surface area contributed by atoms with Gasteiger partial charge in [0.05, 0.1) is 11.1 Å². The number of benzene rings is 3. The van der Waals surface area contributed by atoms with Crippen molar-refractivity contribution in [3.8, 4) is 28.4 Å². The summed E-state index contributed by atoms with van der Waals surface area (Å²) in [6.07, 6.45) is 0. The first-order valence-electron chi connectivity index (χ1n) is 11.6. The molecule has 0 saturated heterocycles. The minimum absolute atomic E-state index is 0.0253. The predicted molar refractivity (Wildman–Crippen MR) is 142 cm³/mol. The van der Waals surface area contributed by atoms with Crippen molar-refractivity contribution in [2.24, 2.45) is 10.2 Å². The minimum Gasteiger partial charge on any atom is -0.504 e. The smallest absolute Gasteiger partial charge is 0.335 e. The van der Waals surface area contributed by atoms with E-state index in [1.165, 1.54) is 16.7 Å². The highest BCUT2D eigenvalue weighted by molar-refractivity contribution is 5.97. The van der Waals surface area contributed by atoms with Crippen LogP contribution in [0.1, 0.15) is 27.2 Å². The average Bonchev–Trinajstić information content (AvgIpc) is 3.17. The van der Waals surface area contributed by atoms with Crippen molar-refractivity contribution in [1.82, 2.24) is 9.55 Å². The van der Waals surface area contributed by atoms with Gasteiger partial charge < -0.3 is 15.3 Å². The third-order valence-corrected chi connectivity index (χ3v) is 6.34. The van der Waals surface area contributed by atoms with E-state index in [9.17, 15) is 20.1 Å². The van der Waals surface area contributed by atoms with E-state index in [0.29, 0.717) is 27.8 Å². The van der Waals surface area contributed by atoms with Crippen LogP contribution in [0.25, 0.3) is 27.7 Å². The summed E-state index contributed by atoms with van der Waals surface area (Å²) in [5, 5.41) is 40.7. The number of aromatic nitrogens is 2. The van der Waals surface area contributed by atoms with Crippen molar-refractivity contribution in [2.75, 3.05) is 0 Å².